The number of benzene rings is 1. The summed E-state index contributed by atoms with van der Waals surface area (Å²) in [6.07, 6.45) is 0. The molecule has 0 bridgehead atoms. The molecule has 0 saturated heterocycles. The van der Waals surface area contributed by atoms with Gasteiger partial charge in [0.25, 0.3) is 5.56 Å². The number of hydrogen-bond acceptors (Lipinski definition) is 2. The van der Waals surface area contributed by atoms with E-state index in [0.717, 1.165) is 15.4 Å². The fraction of sp³-hybridized carbons (Fsp3) is 0.100. The minimum absolute atomic E-state index is 0.255. The molecule has 3 nitrogen and oxygen atoms in total. The number of aromatic amines is 1. The molecule has 14 heavy (non-hydrogen) atoms. The molecule has 2 N–H and O–H groups in total. The number of pyridine rings is 1. The Morgan fingerprint density at radius 1 is 1.36 bits per heavy atom. The lowest BCUT2D eigenvalue weighted by Crippen LogP contribution is -2.04. The van der Waals surface area contributed by atoms with E-state index in [9.17, 15) is 9.90 Å². The minimum atomic E-state index is -0.470. The average Bonchev–Trinajstić information content (AvgIpc) is 2.08. The van der Waals surface area contributed by atoms with E-state index in [1.165, 1.54) is 6.07 Å². The highest BCUT2D eigenvalue weighted by Gasteiger charge is 2.04. The Labute approximate surface area is 88.5 Å². The van der Waals surface area contributed by atoms with Crippen LogP contribution in [0.25, 0.3) is 10.9 Å². The Morgan fingerprint density at radius 2 is 2.07 bits per heavy atom. The van der Waals surface area contributed by atoms with Gasteiger partial charge in [0.2, 0.25) is 0 Å². The first-order chi connectivity index (χ1) is 6.58. The van der Waals surface area contributed by atoms with Crippen molar-refractivity contribution in [2.75, 3.05) is 0 Å². The number of fused-ring (bicyclic) bond motifs is 1. The maximum Gasteiger partial charge on any atom is 0.290 e. The molecule has 0 aliphatic rings. The zero-order valence-electron chi connectivity index (χ0n) is 7.47. The number of nitrogens with one attached hydrogen (secondary N) is 1. The third-order valence-electron chi connectivity index (χ3n) is 2.03. The van der Waals surface area contributed by atoms with Crippen LogP contribution in [0.3, 0.4) is 0 Å². The van der Waals surface area contributed by atoms with Gasteiger partial charge in [0.1, 0.15) is 0 Å². The second-order valence-electron chi connectivity index (χ2n) is 3.19. The summed E-state index contributed by atoms with van der Waals surface area (Å²) >= 11 is 3.35. The summed E-state index contributed by atoms with van der Waals surface area (Å²) in [6, 6.07) is 5.27. The van der Waals surface area contributed by atoms with Gasteiger partial charge in [-0.25, -0.2) is 0 Å². The molecule has 0 atom stereocenters. The number of aryl methyl sites for hydroxylation is 1. The Balaban J connectivity index is 2.96. The highest BCUT2D eigenvalue weighted by Crippen LogP contribution is 2.24. The second-order valence-corrected chi connectivity index (χ2v) is 4.05. The summed E-state index contributed by atoms with van der Waals surface area (Å²) in [4.78, 5) is 13.7. The van der Waals surface area contributed by atoms with Crippen molar-refractivity contribution in [1.82, 2.24) is 4.98 Å². The maximum absolute atomic E-state index is 11.1. The van der Waals surface area contributed by atoms with Crippen LogP contribution < -0.4 is 5.56 Å². The van der Waals surface area contributed by atoms with Gasteiger partial charge in [-0.3, -0.25) is 4.79 Å². The van der Waals surface area contributed by atoms with E-state index < -0.39 is 5.56 Å². The predicted octanol–water partition coefficient (Wildman–Crippen LogP) is 2.30. The van der Waals surface area contributed by atoms with Crippen LogP contribution in [-0.4, -0.2) is 10.1 Å². The topological polar surface area (TPSA) is 53.1 Å². The van der Waals surface area contributed by atoms with Crippen LogP contribution in [0.15, 0.2) is 27.5 Å². The largest absolute Gasteiger partial charge is 0.503 e. The van der Waals surface area contributed by atoms with Gasteiger partial charge in [0, 0.05) is 9.86 Å². The molecule has 0 spiro atoms. The Morgan fingerprint density at radius 3 is 2.79 bits per heavy atom. The van der Waals surface area contributed by atoms with Crippen molar-refractivity contribution in [1.29, 1.82) is 0 Å². The number of halogens is 1. The Kier molecular flexibility index (Phi) is 2.07. The highest BCUT2D eigenvalue weighted by atomic mass is 79.9. The molecule has 0 aliphatic heterocycles. The molecule has 2 rings (SSSR count). The van der Waals surface area contributed by atoms with Crippen molar-refractivity contribution in [2.45, 2.75) is 6.92 Å². The third kappa shape index (κ3) is 1.42. The summed E-state index contributed by atoms with van der Waals surface area (Å²) in [5, 5.41) is 10.1. The molecule has 4 heteroatoms. The first-order valence-electron chi connectivity index (χ1n) is 4.10. The van der Waals surface area contributed by atoms with E-state index in [2.05, 4.69) is 20.9 Å². The quantitative estimate of drug-likeness (QED) is 0.757. The second kappa shape index (κ2) is 3.13. The normalized spacial score (nSPS) is 10.7. The van der Waals surface area contributed by atoms with Gasteiger partial charge < -0.3 is 10.1 Å². The van der Waals surface area contributed by atoms with E-state index in [1.54, 1.807) is 0 Å². The molecule has 0 aliphatic carbocycles. The van der Waals surface area contributed by atoms with Crippen molar-refractivity contribution in [3.8, 4) is 5.75 Å². The predicted molar refractivity (Wildman–Crippen MR) is 58.7 cm³/mol. The molecule has 0 fully saturated rings. The zero-order valence-corrected chi connectivity index (χ0v) is 9.05. The summed E-state index contributed by atoms with van der Waals surface area (Å²) in [5.41, 5.74) is 1.30. The first-order valence-corrected chi connectivity index (χ1v) is 4.89. The number of aromatic hydroxyl groups is 1. The van der Waals surface area contributed by atoms with Crippen molar-refractivity contribution < 1.29 is 5.11 Å². The van der Waals surface area contributed by atoms with Gasteiger partial charge >= 0.3 is 0 Å². The van der Waals surface area contributed by atoms with Gasteiger partial charge in [-0.15, -0.1) is 0 Å². The summed E-state index contributed by atoms with van der Waals surface area (Å²) < 4.78 is 0.824. The lowest BCUT2D eigenvalue weighted by atomic mass is 10.1. The molecular weight excluding hydrogens is 246 g/mol. The molecule has 1 aromatic heterocycles. The molecule has 0 amide bonds. The van der Waals surface area contributed by atoms with Crippen molar-refractivity contribution in [3.63, 3.8) is 0 Å². The van der Waals surface area contributed by atoms with Crippen molar-refractivity contribution >= 4 is 26.8 Å². The molecule has 0 unspecified atom stereocenters. The number of rotatable bonds is 0. The molecule has 1 aromatic carbocycles. The molecule has 1 heterocycles. The monoisotopic (exact) mass is 253 g/mol. The standard InChI is InChI=1S/C10H8BrNO2/c1-5-2-6-4-8(13)10(14)12-9(6)7(11)3-5/h2-4,13H,1H3,(H,12,14). The fourth-order valence-electron chi connectivity index (χ4n) is 1.41. The lowest BCUT2D eigenvalue weighted by molar-refractivity contribution is 0.468. The van der Waals surface area contributed by atoms with Gasteiger partial charge in [0.15, 0.2) is 5.75 Å². The molecular formula is C10H8BrNO2. The zero-order chi connectivity index (χ0) is 10.3. The van der Waals surface area contributed by atoms with Crippen LogP contribution in [-0.2, 0) is 0 Å². The average molecular weight is 254 g/mol. The van der Waals surface area contributed by atoms with Gasteiger partial charge in [-0.05, 0) is 46.6 Å². The molecule has 72 valence electrons. The fourth-order valence-corrected chi connectivity index (χ4v) is 2.09. The molecule has 0 radical (unpaired) electrons. The third-order valence-corrected chi connectivity index (χ3v) is 2.65. The van der Waals surface area contributed by atoms with Crippen LogP contribution >= 0.6 is 15.9 Å². The van der Waals surface area contributed by atoms with Crippen LogP contribution in [0.2, 0.25) is 0 Å². The van der Waals surface area contributed by atoms with E-state index in [1.807, 2.05) is 19.1 Å². The summed E-state index contributed by atoms with van der Waals surface area (Å²) in [5.74, 6) is -0.255. The minimum Gasteiger partial charge on any atom is -0.503 e. The molecule has 0 saturated carbocycles. The smallest absolute Gasteiger partial charge is 0.290 e. The van der Waals surface area contributed by atoms with Gasteiger partial charge in [0.05, 0.1) is 5.52 Å². The van der Waals surface area contributed by atoms with Crippen LogP contribution in [0, 0.1) is 6.92 Å². The number of H-pyrrole nitrogens is 1. The Bertz CT molecular complexity index is 560. The number of aromatic nitrogens is 1. The van der Waals surface area contributed by atoms with E-state index >= 15 is 0 Å². The Hall–Kier alpha value is -1.29. The van der Waals surface area contributed by atoms with E-state index in [4.69, 9.17) is 0 Å². The first kappa shape index (κ1) is 9.27. The maximum atomic E-state index is 11.1. The summed E-state index contributed by atoms with van der Waals surface area (Å²) in [6.45, 7) is 1.95. The molecule has 2 aromatic rings. The van der Waals surface area contributed by atoms with E-state index in [-0.39, 0.29) is 5.75 Å². The summed E-state index contributed by atoms with van der Waals surface area (Å²) in [7, 11) is 0. The van der Waals surface area contributed by atoms with E-state index in [0.29, 0.717) is 5.52 Å². The highest BCUT2D eigenvalue weighted by molar-refractivity contribution is 9.10. The SMILES string of the molecule is Cc1cc(Br)c2[nH]c(=O)c(O)cc2c1. The van der Waals surface area contributed by atoms with Gasteiger partial charge in [-0.2, -0.15) is 0 Å². The van der Waals surface area contributed by atoms with Crippen LogP contribution in [0.5, 0.6) is 5.75 Å². The van der Waals surface area contributed by atoms with Gasteiger partial charge in [-0.1, -0.05) is 0 Å². The van der Waals surface area contributed by atoms with Crippen LogP contribution in [0.4, 0.5) is 0 Å². The lowest BCUT2D eigenvalue weighted by Gasteiger charge is -2.02. The number of hydrogen-bond donors (Lipinski definition) is 2. The van der Waals surface area contributed by atoms with Crippen molar-refractivity contribution in [3.05, 3.63) is 38.6 Å². The van der Waals surface area contributed by atoms with Crippen LogP contribution in [0.1, 0.15) is 5.56 Å². The van der Waals surface area contributed by atoms with Crippen molar-refractivity contribution in [2.24, 2.45) is 0 Å².